The van der Waals surface area contributed by atoms with Crippen molar-refractivity contribution in [1.29, 1.82) is 0 Å². The van der Waals surface area contributed by atoms with Crippen LogP contribution in [0.5, 0.6) is 0 Å². The highest BCUT2D eigenvalue weighted by Crippen LogP contribution is 1.92. The van der Waals surface area contributed by atoms with Gasteiger partial charge in [0.15, 0.2) is 0 Å². The van der Waals surface area contributed by atoms with Crippen molar-refractivity contribution in [2.75, 3.05) is 33.0 Å². The van der Waals surface area contributed by atoms with Gasteiger partial charge < -0.3 is 19.9 Å². The van der Waals surface area contributed by atoms with Crippen molar-refractivity contribution in [2.45, 2.75) is 20.3 Å². The lowest BCUT2D eigenvalue weighted by Crippen LogP contribution is -2.28. The Labute approximate surface area is 90.8 Å². The molecule has 1 atom stereocenters. The van der Waals surface area contributed by atoms with Crippen molar-refractivity contribution < 1.29 is 19.4 Å². The van der Waals surface area contributed by atoms with E-state index in [4.69, 9.17) is 14.6 Å². The first kappa shape index (κ1) is 14.2. The van der Waals surface area contributed by atoms with Gasteiger partial charge in [-0.1, -0.05) is 13.8 Å². The number of aliphatic hydroxyl groups is 1. The second-order valence-corrected chi connectivity index (χ2v) is 3.43. The maximum atomic E-state index is 10.9. The molecule has 0 aromatic carbocycles. The van der Waals surface area contributed by atoms with E-state index in [0.29, 0.717) is 26.4 Å². The molecule has 1 amide bonds. The molecule has 0 aliphatic carbocycles. The molecule has 0 fully saturated rings. The van der Waals surface area contributed by atoms with Crippen molar-refractivity contribution in [1.82, 2.24) is 5.32 Å². The topological polar surface area (TPSA) is 67.8 Å². The number of hydrogen-bond donors (Lipinski definition) is 2. The fourth-order valence-corrected chi connectivity index (χ4v) is 0.808. The van der Waals surface area contributed by atoms with E-state index in [0.717, 1.165) is 6.42 Å². The van der Waals surface area contributed by atoms with E-state index in [1.165, 1.54) is 0 Å². The Hall–Kier alpha value is -0.810. The van der Waals surface area contributed by atoms with Crippen LogP contribution in [0.2, 0.25) is 0 Å². The Balaban J connectivity index is 3.19. The number of hydrogen-bond acceptors (Lipinski definition) is 4. The van der Waals surface area contributed by atoms with Crippen LogP contribution in [0.15, 0.2) is 0 Å². The lowest BCUT2D eigenvalue weighted by Gasteiger charge is -2.09. The van der Waals surface area contributed by atoms with Crippen LogP contribution < -0.4 is 5.32 Å². The van der Waals surface area contributed by atoms with Gasteiger partial charge in [0.2, 0.25) is 0 Å². The molecule has 2 N–H and O–H groups in total. The zero-order valence-electron chi connectivity index (χ0n) is 9.49. The standard InChI is InChI=1S/C10H21NO4/c1-3-5-15-10(13)11-4-6-14-8-9(2)7-12/h9,12H,3-8H2,1-2H3,(H,11,13). The fourth-order valence-electron chi connectivity index (χ4n) is 0.808. The summed E-state index contributed by atoms with van der Waals surface area (Å²) in [4.78, 5) is 10.9. The molecule has 0 aliphatic heterocycles. The molecule has 0 rings (SSSR count). The third-order valence-electron chi connectivity index (χ3n) is 1.67. The summed E-state index contributed by atoms with van der Waals surface area (Å²) in [7, 11) is 0. The largest absolute Gasteiger partial charge is 0.450 e. The Bertz CT molecular complexity index is 164. The van der Waals surface area contributed by atoms with Crippen molar-refractivity contribution in [3.05, 3.63) is 0 Å². The molecule has 15 heavy (non-hydrogen) atoms. The quantitative estimate of drug-likeness (QED) is 0.592. The third-order valence-corrected chi connectivity index (χ3v) is 1.67. The van der Waals surface area contributed by atoms with Gasteiger partial charge in [-0.05, 0) is 6.42 Å². The molecule has 5 nitrogen and oxygen atoms in total. The van der Waals surface area contributed by atoms with Gasteiger partial charge in [-0.3, -0.25) is 0 Å². The van der Waals surface area contributed by atoms with Gasteiger partial charge >= 0.3 is 6.09 Å². The molecule has 0 aromatic heterocycles. The maximum Gasteiger partial charge on any atom is 0.407 e. The van der Waals surface area contributed by atoms with Crippen LogP contribution >= 0.6 is 0 Å². The molecule has 0 bridgehead atoms. The first-order valence-electron chi connectivity index (χ1n) is 5.30. The summed E-state index contributed by atoms with van der Waals surface area (Å²) in [5.74, 6) is 0.136. The fraction of sp³-hybridized carbons (Fsp3) is 0.900. The average molecular weight is 219 g/mol. The summed E-state index contributed by atoms with van der Waals surface area (Å²) in [6.07, 6.45) is 0.411. The number of alkyl carbamates (subject to hydrolysis) is 1. The number of amides is 1. The van der Waals surface area contributed by atoms with E-state index in [-0.39, 0.29) is 12.5 Å². The van der Waals surface area contributed by atoms with E-state index in [2.05, 4.69) is 5.32 Å². The molecule has 5 heteroatoms. The van der Waals surface area contributed by atoms with Crippen LogP contribution in [0.4, 0.5) is 4.79 Å². The van der Waals surface area contributed by atoms with Crippen LogP contribution in [0.25, 0.3) is 0 Å². The maximum absolute atomic E-state index is 10.9. The number of carbonyl (C=O) groups is 1. The molecular formula is C10H21NO4. The van der Waals surface area contributed by atoms with Crippen LogP contribution in [0.3, 0.4) is 0 Å². The highest BCUT2D eigenvalue weighted by atomic mass is 16.5. The Kier molecular flexibility index (Phi) is 9.21. The second kappa shape index (κ2) is 9.73. The van der Waals surface area contributed by atoms with Gasteiger partial charge in [0.05, 0.1) is 19.8 Å². The minimum Gasteiger partial charge on any atom is -0.450 e. The van der Waals surface area contributed by atoms with Gasteiger partial charge in [-0.15, -0.1) is 0 Å². The number of nitrogens with one attached hydrogen (secondary N) is 1. The summed E-state index contributed by atoms with van der Waals surface area (Å²) < 4.78 is 10.0. The van der Waals surface area contributed by atoms with E-state index in [1.54, 1.807) is 0 Å². The average Bonchev–Trinajstić information content (AvgIpc) is 2.25. The molecule has 90 valence electrons. The van der Waals surface area contributed by atoms with Crippen LogP contribution in [0.1, 0.15) is 20.3 Å². The first-order valence-corrected chi connectivity index (χ1v) is 5.30. The third kappa shape index (κ3) is 9.49. The zero-order chi connectivity index (χ0) is 11.5. The van der Waals surface area contributed by atoms with Crippen molar-refractivity contribution in [3.63, 3.8) is 0 Å². The van der Waals surface area contributed by atoms with Gasteiger partial charge in [0.1, 0.15) is 0 Å². The minimum absolute atomic E-state index is 0.117. The number of aliphatic hydroxyl groups excluding tert-OH is 1. The molecule has 1 unspecified atom stereocenters. The monoisotopic (exact) mass is 219 g/mol. The Morgan fingerprint density at radius 3 is 2.80 bits per heavy atom. The predicted molar refractivity (Wildman–Crippen MR) is 56.7 cm³/mol. The van der Waals surface area contributed by atoms with Gasteiger partial charge in [0, 0.05) is 19.1 Å². The predicted octanol–water partition coefficient (Wildman–Crippen LogP) is 0.768. The van der Waals surface area contributed by atoms with E-state index in [1.807, 2.05) is 13.8 Å². The van der Waals surface area contributed by atoms with E-state index in [9.17, 15) is 4.79 Å². The van der Waals surface area contributed by atoms with Crippen LogP contribution in [0, 0.1) is 5.92 Å². The van der Waals surface area contributed by atoms with Gasteiger partial charge in [-0.2, -0.15) is 0 Å². The Morgan fingerprint density at radius 2 is 2.20 bits per heavy atom. The molecule has 0 aromatic rings. The molecule has 0 saturated carbocycles. The van der Waals surface area contributed by atoms with Gasteiger partial charge in [-0.25, -0.2) is 4.79 Å². The summed E-state index contributed by atoms with van der Waals surface area (Å²) in [5, 5.41) is 11.3. The van der Waals surface area contributed by atoms with Crippen LogP contribution in [-0.2, 0) is 9.47 Å². The SMILES string of the molecule is CCCOC(=O)NCCOCC(C)CO. The summed E-state index contributed by atoms with van der Waals surface area (Å²) in [6, 6.07) is 0. The van der Waals surface area contributed by atoms with Crippen molar-refractivity contribution >= 4 is 6.09 Å². The first-order chi connectivity index (χ1) is 7.20. The molecule has 0 radical (unpaired) electrons. The molecule has 0 spiro atoms. The van der Waals surface area contributed by atoms with E-state index < -0.39 is 6.09 Å². The minimum atomic E-state index is -0.407. The summed E-state index contributed by atoms with van der Waals surface area (Å²) in [5.41, 5.74) is 0. The smallest absolute Gasteiger partial charge is 0.407 e. The highest BCUT2D eigenvalue weighted by Gasteiger charge is 2.01. The normalized spacial score (nSPS) is 12.2. The molecule has 0 saturated heterocycles. The Morgan fingerprint density at radius 1 is 1.47 bits per heavy atom. The van der Waals surface area contributed by atoms with E-state index >= 15 is 0 Å². The lowest BCUT2D eigenvalue weighted by atomic mass is 10.2. The van der Waals surface area contributed by atoms with Crippen molar-refractivity contribution in [2.24, 2.45) is 5.92 Å². The number of rotatable bonds is 8. The highest BCUT2D eigenvalue weighted by molar-refractivity contribution is 5.66. The summed E-state index contributed by atoms with van der Waals surface area (Å²) in [6.45, 7) is 5.75. The number of carbonyl (C=O) groups excluding carboxylic acids is 1. The molecule has 0 aliphatic rings. The second-order valence-electron chi connectivity index (χ2n) is 3.43. The van der Waals surface area contributed by atoms with Gasteiger partial charge in [0.25, 0.3) is 0 Å². The molecular weight excluding hydrogens is 198 g/mol. The number of ether oxygens (including phenoxy) is 2. The van der Waals surface area contributed by atoms with Crippen molar-refractivity contribution in [3.8, 4) is 0 Å². The lowest BCUT2D eigenvalue weighted by molar-refractivity contribution is 0.0793. The van der Waals surface area contributed by atoms with Crippen LogP contribution in [-0.4, -0.2) is 44.2 Å². The summed E-state index contributed by atoms with van der Waals surface area (Å²) >= 11 is 0. The molecule has 0 heterocycles. The zero-order valence-corrected chi connectivity index (χ0v) is 9.49.